The van der Waals surface area contributed by atoms with Crippen LogP contribution in [0.3, 0.4) is 0 Å². The SMILES string of the molecule is COC(=O)C(NCc1cc(Br)ccc1O)c1ccccc1. The summed E-state index contributed by atoms with van der Waals surface area (Å²) >= 11 is 3.36. The summed E-state index contributed by atoms with van der Waals surface area (Å²) in [6.45, 7) is 0.347. The van der Waals surface area contributed by atoms with Crippen molar-refractivity contribution in [1.82, 2.24) is 5.32 Å². The van der Waals surface area contributed by atoms with Crippen molar-refractivity contribution in [3.05, 3.63) is 64.1 Å². The van der Waals surface area contributed by atoms with E-state index in [-0.39, 0.29) is 11.7 Å². The fourth-order valence-corrected chi connectivity index (χ4v) is 2.42. The van der Waals surface area contributed by atoms with Gasteiger partial charge in [-0.15, -0.1) is 0 Å². The molecule has 21 heavy (non-hydrogen) atoms. The second kappa shape index (κ2) is 7.24. The zero-order valence-electron chi connectivity index (χ0n) is 11.5. The van der Waals surface area contributed by atoms with Crippen LogP contribution >= 0.6 is 15.9 Å². The van der Waals surface area contributed by atoms with Gasteiger partial charge in [0.1, 0.15) is 11.8 Å². The van der Waals surface area contributed by atoms with Crippen LogP contribution in [0.1, 0.15) is 17.2 Å². The van der Waals surface area contributed by atoms with E-state index in [1.807, 2.05) is 36.4 Å². The first-order valence-corrected chi connectivity index (χ1v) is 7.24. The van der Waals surface area contributed by atoms with Crippen molar-refractivity contribution in [3.8, 4) is 5.75 Å². The van der Waals surface area contributed by atoms with E-state index in [0.717, 1.165) is 10.0 Å². The molecule has 0 aliphatic heterocycles. The number of methoxy groups -OCH3 is 1. The molecule has 0 spiro atoms. The number of ether oxygens (including phenoxy) is 1. The number of rotatable bonds is 5. The van der Waals surface area contributed by atoms with Crippen LogP contribution < -0.4 is 5.32 Å². The van der Waals surface area contributed by atoms with Gasteiger partial charge in [-0.25, -0.2) is 4.79 Å². The van der Waals surface area contributed by atoms with Gasteiger partial charge in [-0.2, -0.15) is 0 Å². The molecule has 0 saturated carbocycles. The second-order valence-corrected chi connectivity index (χ2v) is 5.44. The molecular formula is C16H16BrNO3. The molecule has 4 nitrogen and oxygen atoms in total. The number of aromatic hydroxyl groups is 1. The minimum Gasteiger partial charge on any atom is -0.508 e. The smallest absolute Gasteiger partial charge is 0.327 e. The Hall–Kier alpha value is -1.85. The number of halogens is 1. The van der Waals surface area contributed by atoms with Gasteiger partial charge >= 0.3 is 5.97 Å². The van der Waals surface area contributed by atoms with E-state index < -0.39 is 6.04 Å². The molecule has 0 aliphatic rings. The highest BCUT2D eigenvalue weighted by Crippen LogP contribution is 2.23. The van der Waals surface area contributed by atoms with Gasteiger partial charge in [-0.05, 0) is 23.8 Å². The number of phenolic OH excluding ortho intramolecular Hbond substituents is 1. The third-order valence-corrected chi connectivity index (χ3v) is 3.60. The highest BCUT2D eigenvalue weighted by atomic mass is 79.9. The normalized spacial score (nSPS) is 11.9. The van der Waals surface area contributed by atoms with E-state index in [1.165, 1.54) is 7.11 Å². The van der Waals surface area contributed by atoms with Crippen LogP contribution in [-0.4, -0.2) is 18.2 Å². The Kier molecular flexibility index (Phi) is 5.36. The molecule has 0 fully saturated rings. The van der Waals surface area contributed by atoms with E-state index in [1.54, 1.807) is 12.1 Å². The van der Waals surface area contributed by atoms with Crippen molar-refractivity contribution >= 4 is 21.9 Å². The molecule has 2 aromatic carbocycles. The maximum atomic E-state index is 11.9. The number of nitrogens with one attached hydrogen (secondary N) is 1. The van der Waals surface area contributed by atoms with Crippen LogP contribution in [0.2, 0.25) is 0 Å². The number of carbonyl (C=O) groups is 1. The number of hydrogen-bond donors (Lipinski definition) is 2. The van der Waals surface area contributed by atoms with Crippen molar-refractivity contribution in [2.75, 3.05) is 7.11 Å². The van der Waals surface area contributed by atoms with Crippen LogP contribution in [0, 0.1) is 0 Å². The third-order valence-electron chi connectivity index (χ3n) is 3.11. The maximum Gasteiger partial charge on any atom is 0.327 e. The molecule has 0 radical (unpaired) electrons. The molecule has 0 aliphatic carbocycles. The molecule has 110 valence electrons. The van der Waals surface area contributed by atoms with Crippen molar-refractivity contribution < 1.29 is 14.6 Å². The summed E-state index contributed by atoms with van der Waals surface area (Å²) in [7, 11) is 1.36. The molecule has 0 aromatic heterocycles. The zero-order chi connectivity index (χ0) is 15.2. The molecule has 2 N–H and O–H groups in total. The molecule has 2 rings (SSSR count). The van der Waals surface area contributed by atoms with E-state index in [9.17, 15) is 9.90 Å². The predicted molar refractivity (Wildman–Crippen MR) is 83.8 cm³/mol. The van der Waals surface area contributed by atoms with E-state index in [4.69, 9.17) is 4.74 Å². The average Bonchev–Trinajstić information content (AvgIpc) is 2.51. The van der Waals surface area contributed by atoms with Gasteiger partial charge in [-0.3, -0.25) is 5.32 Å². The number of benzene rings is 2. The minimum atomic E-state index is -0.574. The average molecular weight is 350 g/mol. The largest absolute Gasteiger partial charge is 0.508 e. The molecule has 1 unspecified atom stereocenters. The molecule has 0 heterocycles. The fraction of sp³-hybridized carbons (Fsp3) is 0.188. The summed E-state index contributed by atoms with van der Waals surface area (Å²) in [6.07, 6.45) is 0. The van der Waals surface area contributed by atoms with Gasteiger partial charge in [0, 0.05) is 16.6 Å². The van der Waals surface area contributed by atoms with Gasteiger partial charge in [0.15, 0.2) is 0 Å². The summed E-state index contributed by atoms with van der Waals surface area (Å²) in [5, 5.41) is 13.0. The lowest BCUT2D eigenvalue weighted by Crippen LogP contribution is -2.29. The fourth-order valence-electron chi connectivity index (χ4n) is 2.01. The van der Waals surface area contributed by atoms with Crippen LogP contribution in [0.15, 0.2) is 53.0 Å². The number of phenols is 1. The van der Waals surface area contributed by atoms with Gasteiger partial charge < -0.3 is 9.84 Å². The lowest BCUT2D eigenvalue weighted by Gasteiger charge is -2.17. The molecule has 0 saturated heterocycles. The van der Waals surface area contributed by atoms with Gasteiger partial charge in [-0.1, -0.05) is 46.3 Å². The molecule has 0 amide bonds. The third kappa shape index (κ3) is 4.06. The Balaban J connectivity index is 2.16. The van der Waals surface area contributed by atoms with Crippen LogP contribution in [-0.2, 0) is 16.1 Å². The highest BCUT2D eigenvalue weighted by molar-refractivity contribution is 9.10. The predicted octanol–water partition coefficient (Wildman–Crippen LogP) is 3.16. The van der Waals surface area contributed by atoms with Crippen molar-refractivity contribution in [2.24, 2.45) is 0 Å². The Morgan fingerprint density at radius 2 is 2.00 bits per heavy atom. The number of hydrogen-bond acceptors (Lipinski definition) is 4. The summed E-state index contributed by atoms with van der Waals surface area (Å²) in [5.74, 6) is -0.182. The highest BCUT2D eigenvalue weighted by Gasteiger charge is 2.20. The Labute approximate surface area is 131 Å². The van der Waals surface area contributed by atoms with Crippen LogP contribution in [0.4, 0.5) is 0 Å². The van der Waals surface area contributed by atoms with Crippen molar-refractivity contribution in [3.63, 3.8) is 0 Å². The molecule has 0 bridgehead atoms. The van der Waals surface area contributed by atoms with Crippen LogP contribution in [0.25, 0.3) is 0 Å². The molecule has 5 heteroatoms. The van der Waals surface area contributed by atoms with E-state index in [0.29, 0.717) is 12.1 Å². The molecule has 1 atom stereocenters. The Morgan fingerprint density at radius 1 is 1.29 bits per heavy atom. The summed E-state index contributed by atoms with van der Waals surface area (Å²) in [4.78, 5) is 11.9. The number of carbonyl (C=O) groups excluding carboxylic acids is 1. The first kappa shape index (κ1) is 15.5. The first-order valence-electron chi connectivity index (χ1n) is 6.45. The first-order chi connectivity index (χ1) is 10.1. The monoisotopic (exact) mass is 349 g/mol. The van der Waals surface area contributed by atoms with Crippen molar-refractivity contribution in [1.29, 1.82) is 0 Å². The molecular weight excluding hydrogens is 334 g/mol. The Morgan fingerprint density at radius 3 is 2.67 bits per heavy atom. The van der Waals surface area contributed by atoms with Gasteiger partial charge in [0.2, 0.25) is 0 Å². The lowest BCUT2D eigenvalue weighted by molar-refractivity contribution is -0.143. The second-order valence-electron chi connectivity index (χ2n) is 4.52. The zero-order valence-corrected chi connectivity index (χ0v) is 13.1. The van der Waals surface area contributed by atoms with Crippen molar-refractivity contribution in [2.45, 2.75) is 12.6 Å². The summed E-state index contributed by atoms with van der Waals surface area (Å²) < 4.78 is 5.70. The van der Waals surface area contributed by atoms with Gasteiger partial charge in [0.05, 0.1) is 7.11 Å². The van der Waals surface area contributed by atoms with E-state index >= 15 is 0 Å². The minimum absolute atomic E-state index is 0.183. The Bertz CT molecular complexity index is 616. The quantitative estimate of drug-likeness (QED) is 0.814. The topological polar surface area (TPSA) is 58.6 Å². The lowest BCUT2D eigenvalue weighted by atomic mass is 10.1. The summed E-state index contributed by atoms with van der Waals surface area (Å²) in [6, 6.07) is 13.9. The standard InChI is InChI=1S/C16H16BrNO3/c1-21-16(20)15(11-5-3-2-4-6-11)18-10-12-9-13(17)7-8-14(12)19/h2-9,15,18-19H,10H2,1H3. The van der Waals surface area contributed by atoms with Crippen LogP contribution in [0.5, 0.6) is 5.75 Å². The maximum absolute atomic E-state index is 11.9. The molecule has 2 aromatic rings. The summed E-state index contributed by atoms with van der Waals surface area (Å²) in [5.41, 5.74) is 1.52. The van der Waals surface area contributed by atoms with E-state index in [2.05, 4.69) is 21.2 Å². The number of esters is 1. The van der Waals surface area contributed by atoms with Gasteiger partial charge in [0.25, 0.3) is 0 Å².